The molecular formula is C17H25BrN2O4S. The van der Waals surface area contributed by atoms with Gasteiger partial charge in [0, 0.05) is 30.5 Å². The van der Waals surface area contributed by atoms with Gasteiger partial charge in [-0.2, -0.15) is 4.31 Å². The highest BCUT2D eigenvalue weighted by Gasteiger charge is 2.23. The molecule has 8 heteroatoms. The van der Waals surface area contributed by atoms with Gasteiger partial charge in [-0.15, -0.1) is 0 Å². The number of benzene rings is 1. The molecule has 0 radical (unpaired) electrons. The number of ether oxygens (including phenoxy) is 1. The van der Waals surface area contributed by atoms with Crippen molar-refractivity contribution in [2.75, 3.05) is 38.6 Å². The molecule has 1 aliphatic rings. The zero-order valence-electron chi connectivity index (χ0n) is 14.2. The summed E-state index contributed by atoms with van der Waals surface area (Å²) in [7, 11) is -3.31. The molecule has 25 heavy (non-hydrogen) atoms. The summed E-state index contributed by atoms with van der Waals surface area (Å²) in [6.07, 6.45) is 3.08. The second-order valence-corrected chi connectivity index (χ2v) is 9.02. The lowest BCUT2D eigenvalue weighted by atomic mass is 10.1. The minimum Gasteiger partial charge on any atom is -0.379 e. The number of carbonyl (C=O) groups is 1. The number of hydrogen-bond donors (Lipinski definition) is 1. The van der Waals surface area contributed by atoms with E-state index in [1.807, 2.05) is 12.1 Å². The van der Waals surface area contributed by atoms with E-state index in [4.69, 9.17) is 4.74 Å². The van der Waals surface area contributed by atoms with Crippen LogP contribution < -0.4 is 5.32 Å². The van der Waals surface area contributed by atoms with Crippen molar-refractivity contribution in [2.45, 2.75) is 25.7 Å². The standard InChI is InChI=1S/C17H25BrN2O4S/c18-16-7-5-15(6-8-16)3-1-2-4-17(21)19-9-14-25(22,23)20-10-12-24-13-11-20/h5-8H,1-4,9-14H2,(H,19,21). The first-order valence-corrected chi connectivity index (χ1v) is 10.9. The normalized spacial score (nSPS) is 15.9. The topological polar surface area (TPSA) is 75.7 Å². The molecule has 0 atom stereocenters. The second-order valence-electron chi connectivity index (χ2n) is 6.01. The number of unbranched alkanes of at least 4 members (excludes halogenated alkanes) is 1. The van der Waals surface area contributed by atoms with Crippen LogP contribution in [0.5, 0.6) is 0 Å². The number of carbonyl (C=O) groups excluding carboxylic acids is 1. The first-order valence-electron chi connectivity index (χ1n) is 8.54. The van der Waals surface area contributed by atoms with Crippen LogP contribution >= 0.6 is 15.9 Å². The molecule has 1 N–H and O–H groups in total. The van der Waals surface area contributed by atoms with Crippen LogP contribution in [0, 0.1) is 0 Å². The summed E-state index contributed by atoms with van der Waals surface area (Å²) >= 11 is 3.40. The predicted molar refractivity (Wildman–Crippen MR) is 101 cm³/mol. The number of nitrogens with zero attached hydrogens (tertiary/aromatic N) is 1. The van der Waals surface area contributed by atoms with Gasteiger partial charge in [-0.25, -0.2) is 8.42 Å². The molecule has 1 aromatic carbocycles. The van der Waals surface area contributed by atoms with E-state index >= 15 is 0 Å². The van der Waals surface area contributed by atoms with E-state index in [0.29, 0.717) is 32.7 Å². The number of morpholine rings is 1. The van der Waals surface area contributed by atoms with Crippen molar-refractivity contribution in [3.63, 3.8) is 0 Å². The fourth-order valence-corrected chi connectivity index (χ4v) is 4.22. The van der Waals surface area contributed by atoms with Gasteiger partial charge >= 0.3 is 0 Å². The Balaban J connectivity index is 1.58. The quantitative estimate of drug-likeness (QED) is 0.604. The summed E-state index contributed by atoms with van der Waals surface area (Å²) in [5.41, 5.74) is 1.25. The van der Waals surface area contributed by atoms with Gasteiger partial charge in [0.25, 0.3) is 0 Å². The van der Waals surface area contributed by atoms with E-state index in [0.717, 1.165) is 23.7 Å². The lowest BCUT2D eigenvalue weighted by molar-refractivity contribution is -0.121. The maximum Gasteiger partial charge on any atom is 0.220 e. The van der Waals surface area contributed by atoms with Gasteiger partial charge in [0.1, 0.15) is 0 Å². The average Bonchev–Trinajstić information content (AvgIpc) is 2.61. The Morgan fingerprint density at radius 2 is 1.84 bits per heavy atom. The number of hydrogen-bond acceptors (Lipinski definition) is 4. The van der Waals surface area contributed by atoms with E-state index in [-0.39, 0.29) is 18.2 Å². The Bertz CT molecular complexity index is 643. The van der Waals surface area contributed by atoms with Crippen LogP contribution in [0.1, 0.15) is 24.8 Å². The molecule has 2 rings (SSSR count). The van der Waals surface area contributed by atoms with Gasteiger partial charge in [-0.05, 0) is 37.0 Å². The van der Waals surface area contributed by atoms with E-state index in [1.165, 1.54) is 9.87 Å². The summed E-state index contributed by atoms with van der Waals surface area (Å²) in [6.45, 7) is 1.82. The highest BCUT2D eigenvalue weighted by atomic mass is 79.9. The van der Waals surface area contributed by atoms with Gasteiger partial charge in [0.05, 0.1) is 19.0 Å². The molecule has 0 bridgehead atoms. The molecule has 0 spiro atoms. The minimum atomic E-state index is -3.31. The molecule has 1 fully saturated rings. The van der Waals surface area contributed by atoms with Crippen molar-refractivity contribution in [3.05, 3.63) is 34.3 Å². The molecular weight excluding hydrogens is 408 g/mol. The highest BCUT2D eigenvalue weighted by molar-refractivity contribution is 9.10. The number of amides is 1. The van der Waals surface area contributed by atoms with Crippen LogP contribution in [0.2, 0.25) is 0 Å². The molecule has 6 nitrogen and oxygen atoms in total. The average molecular weight is 433 g/mol. The van der Waals surface area contributed by atoms with Crippen LogP contribution in [0.4, 0.5) is 0 Å². The number of nitrogens with one attached hydrogen (secondary N) is 1. The molecule has 140 valence electrons. The van der Waals surface area contributed by atoms with Crippen LogP contribution in [0.15, 0.2) is 28.7 Å². The first kappa shape index (κ1) is 20.4. The number of rotatable bonds is 9. The zero-order chi connectivity index (χ0) is 18.1. The maximum atomic E-state index is 12.1. The van der Waals surface area contributed by atoms with Crippen molar-refractivity contribution < 1.29 is 17.9 Å². The van der Waals surface area contributed by atoms with Gasteiger partial charge in [0.15, 0.2) is 0 Å². The summed E-state index contributed by atoms with van der Waals surface area (Å²) in [5.74, 6) is -0.148. The third kappa shape index (κ3) is 7.43. The van der Waals surface area contributed by atoms with Crippen molar-refractivity contribution in [1.82, 2.24) is 9.62 Å². The van der Waals surface area contributed by atoms with Crippen molar-refractivity contribution in [1.29, 1.82) is 0 Å². The molecule has 0 unspecified atom stereocenters. The monoisotopic (exact) mass is 432 g/mol. The van der Waals surface area contributed by atoms with Gasteiger partial charge in [-0.1, -0.05) is 28.1 Å². The lowest BCUT2D eigenvalue weighted by Gasteiger charge is -2.26. The van der Waals surface area contributed by atoms with Crippen molar-refractivity contribution in [3.8, 4) is 0 Å². The van der Waals surface area contributed by atoms with E-state index in [2.05, 4.69) is 33.4 Å². The Morgan fingerprint density at radius 3 is 2.52 bits per heavy atom. The molecule has 1 aromatic rings. The van der Waals surface area contributed by atoms with Crippen molar-refractivity contribution >= 4 is 31.9 Å². The van der Waals surface area contributed by atoms with Crippen LogP contribution in [-0.4, -0.2) is 57.2 Å². The van der Waals surface area contributed by atoms with E-state index < -0.39 is 10.0 Å². The summed E-state index contributed by atoms with van der Waals surface area (Å²) in [5, 5.41) is 2.70. The molecule has 1 saturated heterocycles. The Morgan fingerprint density at radius 1 is 1.16 bits per heavy atom. The number of aryl methyl sites for hydroxylation is 1. The van der Waals surface area contributed by atoms with Crippen LogP contribution in [-0.2, 0) is 26.0 Å². The Labute approximate surface area is 158 Å². The van der Waals surface area contributed by atoms with E-state index in [9.17, 15) is 13.2 Å². The molecule has 0 aliphatic carbocycles. The number of halogens is 1. The molecule has 0 aromatic heterocycles. The predicted octanol–water partition coefficient (Wildman–Crippen LogP) is 1.94. The fraction of sp³-hybridized carbons (Fsp3) is 0.588. The van der Waals surface area contributed by atoms with Crippen molar-refractivity contribution in [2.24, 2.45) is 0 Å². The van der Waals surface area contributed by atoms with Gasteiger partial charge < -0.3 is 10.1 Å². The van der Waals surface area contributed by atoms with Gasteiger partial charge in [0.2, 0.25) is 15.9 Å². The fourth-order valence-electron chi connectivity index (χ4n) is 2.63. The van der Waals surface area contributed by atoms with E-state index in [1.54, 1.807) is 0 Å². The SMILES string of the molecule is O=C(CCCCc1ccc(Br)cc1)NCCS(=O)(=O)N1CCOCC1. The minimum absolute atomic E-state index is 0.0579. The molecule has 1 amide bonds. The first-order chi connectivity index (χ1) is 12.0. The highest BCUT2D eigenvalue weighted by Crippen LogP contribution is 2.13. The summed E-state index contributed by atoms with van der Waals surface area (Å²) in [4.78, 5) is 11.8. The largest absolute Gasteiger partial charge is 0.379 e. The zero-order valence-corrected chi connectivity index (χ0v) is 16.6. The van der Waals surface area contributed by atoms with Crippen LogP contribution in [0.3, 0.4) is 0 Å². The smallest absolute Gasteiger partial charge is 0.220 e. The Hall–Kier alpha value is -0.960. The molecule has 0 saturated carbocycles. The third-order valence-corrected chi connectivity index (χ3v) is 6.48. The lowest BCUT2D eigenvalue weighted by Crippen LogP contribution is -2.43. The Kier molecular flexibility index (Phi) is 8.35. The summed E-state index contributed by atoms with van der Waals surface area (Å²) in [6, 6.07) is 8.16. The summed E-state index contributed by atoms with van der Waals surface area (Å²) < 4.78 is 31.9. The second kappa shape index (κ2) is 10.3. The maximum absolute atomic E-state index is 12.1. The molecule has 1 heterocycles. The van der Waals surface area contributed by atoms with Gasteiger partial charge in [-0.3, -0.25) is 4.79 Å². The molecule has 1 aliphatic heterocycles. The number of sulfonamides is 1. The third-order valence-electron chi connectivity index (χ3n) is 4.08. The van der Waals surface area contributed by atoms with Crippen LogP contribution in [0.25, 0.3) is 0 Å².